The fourth-order valence-corrected chi connectivity index (χ4v) is 3.83. The normalized spacial score (nSPS) is 25.4. The lowest BCUT2D eigenvalue weighted by Crippen LogP contribution is -2.49. The SMILES string of the molecule is Cc1nn(C)c(CN2CCC(N3CCNCC3)C2)c1Br. The number of hydrogen-bond acceptors (Lipinski definition) is 4. The average molecular weight is 342 g/mol. The van der Waals surface area contributed by atoms with E-state index < -0.39 is 0 Å². The van der Waals surface area contributed by atoms with Crippen molar-refractivity contribution in [1.29, 1.82) is 0 Å². The van der Waals surface area contributed by atoms with Crippen LogP contribution in [-0.2, 0) is 13.6 Å². The van der Waals surface area contributed by atoms with Crippen LogP contribution in [0.4, 0.5) is 0 Å². The number of halogens is 1. The molecular formula is C14H24BrN5. The van der Waals surface area contributed by atoms with Crippen molar-refractivity contribution in [3.63, 3.8) is 0 Å². The fourth-order valence-electron chi connectivity index (χ4n) is 3.36. The Bertz CT molecular complexity index is 466. The first kappa shape index (κ1) is 14.5. The van der Waals surface area contributed by atoms with E-state index in [4.69, 9.17) is 0 Å². The molecule has 20 heavy (non-hydrogen) atoms. The summed E-state index contributed by atoms with van der Waals surface area (Å²) in [5.74, 6) is 0. The summed E-state index contributed by atoms with van der Waals surface area (Å²) < 4.78 is 3.18. The van der Waals surface area contributed by atoms with Gasteiger partial charge in [-0.25, -0.2) is 0 Å². The Morgan fingerprint density at radius 1 is 1.30 bits per heavy atom. The molecule has 1 aromatic heterocycles. The van der Waals surface area contributed by atoms with Gasteiger partial charge in [0.1, 0.15) is 0 Å². The van der Waals surface area contributed by atoms with E-state index in [2.05, 4.69) is 43.1 Å². The monoisotopic (exact) mass is 341 g/mol. The van der Waals surface area contributed by atoms with E-state index in [1.807, 2.05) is 11.7 Å². The number of rotatable bonds is 3. The van der Waals surface area contributed by atoms with Gasteiger partial charge in [-0.05, 0) is 29.3 Å². The zero-order valence-electron chi connectivity index (χ0n) is 12.4. The maximum absolute atomic E-state index is 4.49. The number of nitrogens with one attached hydrogen (secondary N) is 1. The van der Waals surface area contributed by atoms with Crippen LogP contribution in [0.3, 0.4) is 0 Å². The van der Waals surface area contributed by atoms with Crippen LogP contribution in [0.25, 0.3) is 0 Å². The number of nitrogens with zero attached hydrogens (tertiary/aromatic N) is 4. The largest absolute Gasteiger partial charge is 0.314 e. The highest BCUT2D eigenvalue weighted by molar-refractivity contribution is 9.10. The Balaban J connectivity index is 1.60. The lowest BCUT2D eigenvalue weighted by molar-refractivity contribution is 0.170. The van der Waals surface area contributed by atoms with Crippen molar-refractivity contribution < 1.29 is 0 Å². The fraction of sp³-hybridized carbons (Fsp3) is 0.786. The Kier molecular flexibility index (Phi) is 4.45. The summed E-state index contributed by atoms with van der Waals surface area (Å²) in [5, 5.41) is 7.92. The highest BCUT2D eigenvalue weighted by Gasteiger charge is 2.29. The molecule has 5 nitrogen and oxygen atoms in total. The van der Waals surface area contributed by atoms with Crippen LogP contribution < -0.4 is 5.32 Å². The van der Waals surface area contributed by atoms with E-state index in [0.29, 0.717) is 0 Å². The summed E-state index contributed by atoms with van der Waals surface area (Å²) >= 11 is 3.67. The molecule has 0 spiro atoms. The molecule has 1 aromatic rings. The molecule has 0 amide bonds. The number of aromatic nitrogens is 2. The average Bonchev–Trinajstić information content (AvgIpc) is 3.01. The second-order valence-electron chi connectivity index (χ2n) is 5.93. The highest BCUT2D eigenvalue weighted by Crippen LogP contribution is 2.24. The number of hydrogen-bond donors (Lipinski definition) is 1. The topological polar surface area (TPSA) is 36.3 Å². The molecule has 2 aliphatic heterocycles. The van der Waals surface area contributed by atoms with E-state index in [9.17, 15) is 0 Å². The predicted molar refractivity (Wildman–Crippen MR) is 83.8 cm³/mol. The van der Waals surface area contributed by atoms with Crippen LogP contribution in [0.1, 0.15) is 17.8 Å². The third kappa shape index (κ3) is 2.93. The van der Waals surface area contributed by atoms with Crippen LogP contribution in [-0.4, -0.2) is 64.9 Å². The van der Waals surface area contributed by atoms with E-state index in [0.717, 1.165) is 31.4 Å². The number of aryl methyl sites for hydroxylation is 2. The van der Waals surface area contributed by atoms with E-state index in [1.54, 1.807) is 0 Å². The Hall–Kier alpha value is -0.430. The zero-order chi connectivity index (χ0) is 14.1. The van der Waals surface area contributed by atoms with Crippen LogP contribution in [0.5, 0.6) is 0 Å². The third-order valence-electron chi connectivity index (χ3n) is 4.55. The van der Waals surface area contributed by atoms with Gasteiger partial charge in [0.25, 0.3) is 0 Å². The van der Waals surface area contributed by atoms with Gasteiger partial charge in [-0.2, -0.15) is 5.10 Å². The molecule has 2 aliphatic rings. The standard InChI is InChI=1S/C14H24BrN5/c1-11-14(15)13(18(2)17-11)10-19-6-3-12(9-19)20-7-4-16-5-8-20/h12,16H,3-10H2,1-2H3. The van der Waals surface area contributed by atoms with Crippen molar-refractivity contribution in [2.45, 2.75) is 25.9 Å². The van der Waals surface area contributed by atoms with Crippen molar-refractivity contribution in [2.24, 2.45) is 7.05 Å². The molecule has 0 bridgehead atoms. The maximum Gasteiger partial charge on any atom is 0.0739 e. The summed E-state index contributed by atoms with van der Waals surface area (Å²) in [6.07, 6.45) is 1.30. The zero-order valence-corrected chi connectivity index (χ0v) is 14.0. The van der Waals surface area contributed by atoms with Gasteiger partial charge in [0, 0.05) is 58.9 Å². The first-order valence-electron chi connectivity index (χ1n) is 7.50. The van der Waals surface area contributed by atoms with Gasteiger partial charge in [0.15, 0.2) is 0 Å². The van der Waals surface area contributed by atoms with Gasteiger partial charge in [-0.3, -0.25) is 14.5 Å². The van der Waals surface area contributed by atoms with Gasteiger partial charge in [-0.1, -0.05) is 0 Å². The molecule has 2 fully saturated rings. The molecule has 1 unspecified atom stereocenters. The molecule has 1 N–H and O–H groups in total. The summed E-state index contributed by atoms with van der Waals surface area (Å²) in [6, 6.07) is 0.741. The van der Waals surface area contributed by atoms with Crippen molar-refractivity contribution in [2.75, 3.05) is 39.3 Å². The molecule has 0 aromatic carbocycles. The quantitative estimate of drug-likeness (QED) is 0.888. The summed E-state index contributed by atoms with van der Waals surface area (Å²) in [5.41, 5.74) is 2.38. The minimum Gasteiger partial charge on any atom is -0.314 e. The lowest BCUT2D eigenvalue weighted by atomic mass is 10.2. The van der Waals surface area contributed by atoms with Gasteiger partial charge in [-0.15, -0.1) is 0 Å². The van der Waals surface area contributed by atoms with Crippen LogP contribution in [0.15, 0.2) is 4.47 Å². The van der Waals surface area contributed by atoms with Gasteiger partial charge >= 0.3 is 0 Å². The van der Waals surface area contributed by atoms with E-state index in [1.165, 1.54) is 42.8 Å². The van der Waals surface area contributed by atoms with Crippen molar-refractivity contribution in [3.05, 3.63) is 15.9 Å². The minimum atomic E-state index is 0.741. The smallest absolute Gasteiger partial charge is 0.0739 e. The molecule has 6 heteroatoms. The van der Waals surface area contributed by atoms with Crippen molar-refractivity contribution >= 4 is 15.9 Å². The van der Waals surface area contributed by atoms with Crippen LogP contribution >= 0.6 is 15.9 Å². The Labute approximate surface area is 129 Å². The van der Waals surface area contributed by atoms with E-state index in [-0.39, 0.29) is 0 Å². The molecule has 0 aliphatic carbocycles. The molecule has 3 rings (SSSR count). The van der Waals surface area contributed by atoms with Crippen molar-refractivity contribution in [3.8, 4) is 0 Å². The first-order chi connectivity index (χ1) is 9.65. The molecule has 112 valence electrons. The number of piperazine rings is 1. The summed E-state index contributed by atoms with van der Waals surface area (Å²) in [4.78, 5) is 5.22. The maximum atomic E-state index is 4.49. The molecule has 3 heterocycles. The highest BCUT2D eigenvalue weighted by atomic mass is 79.9. The molecular weight excluding hydrogens is 318 g/mol. The predicted octanol–water partition coefficient (Wildman–Crippen LogP) is 0.971. The molecule has 2 saturated heterocycles. The number of likely N-dealkylation sites (tertiary alicyclic amines) is 1. The lowest BCUT2D eigenvalue weighted by Gasteiger charge is -2.32. The Morgan fingerprint density at radius 2 is 2.05 bits per heavy atom. The Morgan fingerprint density at radius 3 is 2.70 bits per heavy atom. The second kappa shape index (κ2) is 6.13. The first-order valence-corrected chi connectivity index (χ1v) is 8.29. The van der Waals surface area contributed by atoms with E-state index >= 15 is 0 Å². The summed E-state index contributed by atoms with van der Waals surface area (Å²) in [6.45, 7) is 10.1. The summed E-state index contributed by atoms with van der Waals surface area (Å²) in [7, 11) is 2.04. The third-order valence-corrected chi connectivity index (χ3v) is 5.58. The second-order valence-corrected chi connectivity index (χ2v) is 6.73. The molecule has 0 saturated carbocycles. The molecule has 1 atom stereocenters. The van der Waals surface area contributed by atoms with Crippen molar-refractivity contribution in [1.82, 2.24) is 24.9 Å². The molecule has 0 radical (unpaired) electrons. The van der Waals surface area contributed by atoms with Gasteiger partial charge in [0.2, 0.25) is 0 Å². The minimum absolute atomic E-state index is 0.741. The van der Waals surface area contributed by atoms with Crippen LogP contribution in [0, 0.1) is 6.92 Å². The van der Waals surface area contributed by atoms with Gasteiger partial charge in [0.05, 0.1) is 15.9 Å². The van der Waals surface area contributed by atoms with Gasteiger partial charge < -0.3 is 5.32 Å². The van der Waals surface area contributed by atoms with Crippen LogP contribution in [0.2, 0.25) is 0 Å².